The highest BCUT2D eigenvalue weighted by Gasteiger charge is 2.26. The van der Waals surface area contributed by atoms with Gasteiger partial charge in [0.2, 0.25) is 0 Å². The lowest BCUT2D eigenvalue weighted by Gasteiger charge is -2.11. The van der Waals surface area contributed by atoms with Gasteiger partial charge in [0.05, 0.1) is 6.04 Å². The van der Waals surface area contributed by atoms with Crippen molar-refractivity contribution in [3.63, 3.8) is 0 Å². The van der Waals surface area contributed by atoms with Gasteiger partial charge in [-0.05, 0) is 31.1 Å². The molecular weight excluding hydrogens is 150 g/mol. The van der Waals surface area contributed by atoms with Gasteiger partial charge in [0.15, 0.2) is 0 Å². The summed E-state index contributed by atoms with van der Waals surface area (Å²) in [6, 6.07) is 0.132. The van der Waals surface area contributed by atoms with Crippen LogP contribution in [0.4, 0.5) is 0 Å². The summed E-state index contributed by atoms with van der Waals surface area (Å²) in [5.41, 5.74) is 0. The van der Waals surface area contributed by atoms with Crippen LogP contribution >= 0.6 is 0 Å². The van der Waals surface area contributed by atoms with Crippen molar-refractivity contribution in [3.05, 3.63) is 4.91 Å². The second-order valence-corrected chi connectivity index (χ2v) is 3.58. The van der Waals surface area contributed by atoms with Gasteiger partial charge in [-0.15, -0.1) is 0 Å². The van der Waals surface area contributed by atoms with Crippen LogP contribution in [-0.2, 0) is 0 Å². The predicted molar refractivity (Wildman–Crippen MR) is 53.1 cm³/mol. The first-order valence-corrected chi connectivity index (χ1v) is 5.06. The van der Waals surface area contributed by atoms with Gasteiger partial charge in [0.25, 0.3) is 0 Å². The van der Waals surface area contributed by atoms with Crippen LogP contribution in [-0.4, -0.2) is 6.04 Å². The predicted octanol–water partition coefficient (Wildman–Crippen LogP) is 3.60. The Morgan fingerprint density at radius 3 is 2.08 bits per heavy atom. The SMILES string of the molecule is CC.CC(C)C1CCC(N=O)C1. The summed E-state index contributed by atoms with van der Waals surface area (Å²) in [5, 5.41) is 3.07. The molecule has 1 fully saturated rings. The molecule has 2 unspecified atom stereocenters. The van der Waals surface area contributed by atoms with Crippen molar-refractivity contribution in [1.82, 2.24) is 0 Å². The minimum Gasteiger partial charge on any atom is -0.151 e. The quantitative estimate of drug-likeness (QED) is 0.584. The molecule has 0 amide bonds. The maximum atomic E-state index is 10.1. The molecule has 0 aromatic rings. The van der Waals surface area contributed by atoms with Crippen LogP contribution < -0.4 is 0 Å². The third kappa shape index (κ3) is 3.33. The van der Waals surface area contributed by atoms with E-state index in [0.29, 0.717) is 0 Å². The van der Waals surface area contributed by atoms with Crippen LogP contribution in [0.2, 0.25) is 0 Å². The molecule has 2 heteroatoms. The third-order valence-electron chi connectivity index (χ3n) is 2.54. The summed E-state index contributed by atoms with van der Waals surface area (Å²) < 4.78 is 0. The van der Waals surface area contributed by atoms with Gasteiger partial charge >= 0.3 is 0 Å². The van der Waals surface area contributed by atoms with E-state index in [0.717, 1.165) is 24.7 Å². The van der Waals surface area contributed by atoms with Gasteiger partial charge in [-0.2, -0.15) is 4.91 Å². The summed E-state index contributed by atoms with van der Waals surface area (Å²) >= 11 is 0. The molecule has 0 saturated heterocycles. The van der Waals surface area contributed by atoms with E-state index in [4.69, 9.17) is 0 Å². The van der Waals surface area contributed by atoms with Crippen molar-refractivity contribution in [1.29, 1.82) is 0 Å². The highest BCUT2D eigenvalue weighted by Crippen LogP contribution is 2.32. The van der Waals surface area contributed by atoms with E-state index in [1.807, 2.05) is 13.8 Å². The van der Waals surface area contributed by atoms with Crippen molar-refractivity contribution >= 4 is 0 Å². The average Bonchev–Trinajstić information content (AvgIpc) is 2.55. The van der Waals surface area contributed by atoms with E-state index in [9.17, 15) is 4.91 Å². The number of hydrogen-bond acceptors (Lipinski definition) is 2. The van der Waals surface area contributed by atoms with E-state index in [2.05, 4.69) is 19.0 Å². The summed E-state index contributed by atoms with van der Waals surface area (Å²) in [5.74, 6) is 1.48. The van der Waals surface area contributed by atoms with E-state index in [1.54, 1.807) is 0 Å². The standard InChI is InChI=1S/C8H15NO.C2H6/c1-6(2)7-3-4-8(5-7)9-10;1-2/h6-8H,3-5H2,1-2H3;1-2H3. The van der Waals surface area contributed by atoms with Crippen molar-refractivity contribution < 1.29 is 0 Å². The molecule has 0 N–H and O–H groups in total. The fourth-order valence-electron chi connectivity index (χ4n) is 1.69. The van der Waals surface area contributed by atoms with Crippen molar-refractivity contribution in [2.24, 2.45) is 17.0 Å². The number of hydrogen-bond donors (Lipinski definition) is 0. The summed E-state index contributed by atoms with van der Waals surface area (Å²) in [6.45, 7) is 8.44. The minimum absolute atomic E-state index is 0.132. The molecule has 0 spiro atoms. The first-order chi connectivity index (χ1) is 5.74. The van der Waals surface area contributed by atoms with Crippen LogP contribution in [0, 0.1) is 16.7 Å². The maximum absolute atomic E-state index is 10.1. The smallest absolute Gasteiger partial charge is 0.0922 e. The summed E-state index contributed by atoms with van der Waals surface area (Å²) in [4.78, 5) is 10.1. The zero-order chi connectivity index (χ0) is 9.56. The molecule has 0 aromatic heterocycles. The average molecular weight is 171 g/mol. The van der Waals surface area contributed by atoms with Gasteiger partial charge < -0.3 is 0 Å². The molecule has 1 saturated carbocycles. The topological polar surface area (TPSA) is 29.4 Å². The van der Waals surface area contributed by atoms with E-state index < -0.39 is 0 Å². The number of nitrogens with zero attached hydrogens (tertiary/aromatic N) is 1. The molecule has 2 nitrogen and oxygen atoms in total. The highest BCUT2D eigenvalue weighted by molar-refractivity contribution is 4.81. The Kier molecular flexibility index (Phi) is 5.95. The van der Waals surface area contributed by atoms with Crippen LogP contribution in [0.1, 0.15) is 47.0 Å². The fraction of sp³-hybridized carbons (Fsp3) is 1.00. The Balaban J connectivity index is 0.000000561. The zero-order valence-electron chi connectivity index (χ0n) is 8.71. The Morgan fingerprint density at radius 1 is 1.25 bits per heavy atom. The van der Waals surface area contributed by atoms with Crippen molar-refractivity contribution in [3.8, 4) is 0 Å². The zero-order valence-corrected chi connectivity index (χ0v) is 8.71. The number of nitroso groups, excluding NO2 is 1. The van der Waals surface area contributed by atoms with Gasteiger partial charge in [-0.25, -0.2) is 0 Å². The van der Waals surface area contributed by atoms with E-state index in [-0.39, 0.29) is 6.04 Å². The molecule has 0 aliphatic heterocycles. The van der Waals surface area contributed by atoms with Gasteiger partial charge in [-0.1, -0.05) is 32.9 Å². The van der Waals surface area contributed by atoms with Crippen LogP contribution in [0.5, 0.6) is 0 Å². The van der Waals surface area contributed by atoms with Crippen LogP contribution in [0.3, 0.4) is 0 Å². The van der Waals surface area contributed by atoms with E-state index >= 15 is 0 Å². The first-order valence-electron chi connectivity index (χ1n) is 5.06. The minimum atomic E-state index is 0.132. The fourth-order valence-corrected chi connectivity index (χ4v) is 1.69. The molecule has 72 valence electrons. The monoisotopic (exact) mass is 171 g/mol. The second kappa shape index (κ2) is 6.15. The van der Waals surface area contributed by atoms with E-state index in [1.165, 1.54) is 6.42 Å². The van der Waals surface area contributed by atoms with Crippen LogP contribution in [0.25, 0.3) is 0 Å². The lowest BCUT2D eigenvalue weighted by atomic mass is 9.94. The molecular formula is C10H21NO. The Bertz CT molecular complexity index is 123. The Hall–Kier alpha value is -0.400. The lowest BCUT2D eigenvalue weighted by Crippen LogP contribution is -2.04. The van der Waals surface area contributed by atoms with Crippen molar-refractivity contribution in [2.75, 3.05) is 0 Å². The first kappa shape index (κ1) is 11.6. The summed E-state index contributed by atoms with van der Waals surface area (Å²) in [7, 11) is 0. The molecule has 12 heavy (non-hydrogen) atoms. The molecule has 1 aliphatic rings. The molecule has 2 atom stereocenters. The lowest BCUT2D eigenvalue weighted by molar-refractivity contribution is 0.391. The molecule has 1 aliphatic carbocycles. The molecule has 0 radical (unpaired) electrons. The van der Waals surface area contributed by atoms with Gasteiger partial charge in [0.1, 0.15) is 0 Å². The van der Waals surface area contributed by atoms with Gasteiger partial charge in [0, 0.05) is 0 Å². The molecule has 1 rings (SSSR count). The van der Waals surface area contributed by atoms with Crippen molar-refractivity contribution in [2.45, 2.75) is 53.0 Å². The van der Waals surface area contributed by atoms with Crippen LogP contribution in [0.15, 0.2) is 5.18 Å². The summed E-state index contributed by atoms with van der Waals surface area (Å²) in [6.07, 6.45) is 3.25. The largest absolute Gasteiger partial charge is 0.151 e. The third-order valence-corrected chi connectivity index (χ3v) is 2.54. The van der Waals surface area contributed by atoms with Gasteiger partial charge in [-0.3, -0.25) is 0 Å². The Labute approximate surface area is 75.7 Å². The molecule has 0 aromatic carbocycles. The molecule has 0 heterocycles. The number of rotatable bonds is 2. The molecule has 0 bridgehead atoms. The second-order valence-electron chi connectivity index (χ2n) is 3.58. The maximum Gasteiger partial charge on any atom is 0.0922 e. The normalized spacial score (nSPS) is 28.1. The Morgan fingerprint density at radius 2 is 1.83 bits per heavy atom. The highest BCUT2D eigenvalue weighted by atomic mass is 16.3.